The fourth-order valence-electron chi connectivity index (χ4n) is 1.89. The van der Waals surface area contributed by atoms with Gasteiger partial charge in [0.15, 0.2) is 0 Å². The minimum Gasteiger partial charge on any atom is -0.493 e. The molecule has 1 fully saturated rings. The molecule has 0 spiro atoms. The second-order valence-corrected chi connectivity index (χ2v) is 4.09. The Labute approximate surface area is 91.2 Å². The number of hydrogen-bond acceptors (Lipinski definition) is 2. The number of hydrogen-bond donors (Lipinski definition) is 0. The zero-order valence-electron chi connectivity index (χ0n) is 9.24. The number of ether oxygens (including phenoxy) is 2. The Morgan fingerprint density at radius 1 is 1.47 bits per heavy atom. The van der Waals surface area contributed by atoms with Crippen LogP contribution in [0.3, 0.4) is 0 Å². The summed E-state index contributed by atoms with van der Waals surface area (Å²) in [7, 11) is 0. The normalized spacial score (nSPS) is 20.5. The Hall–Kier alpha value is -1.02. The van der Waals surface area contributed by atoms with Crippen LogP contribution in [0.5, 0.6) is 5.75 Å². The molecule has 0 radical (unpaired) electrons. The molecule has 15 heavy (non-hydrogen) atoms. The monoisotopic (exact) mass is 206 g/mol. The first-order chi connectivity index (χ1) is 7.34. The van der Waals surface area contributed by atoms with Crippen molar-refractivity contribution in [1.29, 1.82) is 0 Å². The smallest absolute Gasteiger partial charge is 0.119 e. The van der Waals surface area contributed by atoms with E-state index in [4.69, 9.17) is 9.47 Å². The molecular weight excluding hydrogens is 188 g/mol. The summed E-state index contributed by atoms with van der Waals surface area (Å²) >= 11 is 0. The van der Waals surface area contributed by atoms with E-state index in [0.29, 0.717) is 6.10 Å². The van der Waals surface area contributed by atoms with Crippen LogP contribution in [-0.4, -0.2) is 19.3 Å². The average Bonchev–Trinajstić information content (AvgIpc) is 2.71. The fourth-order valence-corrected chi connectivity index (χ4v) is 1.89. The predicted octanol–water partition coefficient (Wildman–Crippen LogP) is 2.94. The van der Waals surface area contributed by atoms with Gasteiger partial charge in [0.05, 0.1) is 12.7 Å². The Morgan fingerprint density at radius 2 is 2.40 bits per heavy atom. The Morgan fingerprint density at radius 3 is 3.13 bits per heavy atom. The topological polar surface area (TPSA) is 18.5 Å². The van der Waals surface area contributed by atoms with Crippen LogP contribution in [0.4, 0.5) is 0 Å². The van der Waals surface area contributed by atoms with Gasteiger partial charge in [0.1, 0.15) is 5.75 Å². The number of rotatable bonds is 4. The largest absolute Gasteiger partial charge is 0.493 e. The molecule has 2 heteroatoms. The van der Waals surface area contributed by atoms with Crippen molar-refractivity contribution in [3.8, 4) is 5.75 Å². The summed E-state index contributed by atoms with van der Waals surface area (Å²) in [5.74, 6) is 0.966. The van der Waals surface area contributed by atoms with Crippen LogP contribution in [0.15, 0.2) is 24.3 Å². The first kappa shape index (κ1) is 10.5. The summed E-state index contributed by atoms with van der Waals surface area (Å²) in [6, 6.07) is 8.17. The van der Waals surface area contributed by atoms with Crippen molar-refractivity contribution in [2.24, 2.45) is 0 Å². The second-order valence-electron chi connectivity index (χ2n) is 4.09. The van der Waals surface area contributed by atoms with Crippen LogP contribution in [0.25, 0.3) is 0 Å². The van der Waals surface area contributed by atoms with E-state index in [1.165, 1.54) is 18.4 Å². The standard InChI is InChI=1S/C13H18O2/c1-11-4-2-5-13(10-11)15-9-7-12-6-3-8-14-12/h2,4-5,10,12H,3,6-9H2,1H3. The molecule has 2 nitrogen and oxygen atoms in total. The maximum Gasteiger partial charge on any atom is 0.119 e. The van der Waals surface area contributed by atoms with Gasteiger partial charge in [-0.1, -0.05) is 12.1 Å². The summed E-state index contributed by atoms with van der Waals surface area (Å²) in [4.78, 5) is 0. The van der Waals surface area contributed by atoms with Gasteiger partial charge in [-0.2, -0.15) is 0 Å². The molecule has 1 unspecified atom stereocenters. The quantitative estimate of drug-likeness (QED) is 0.754. The molecule has 0 amide bonds. The fraction of sp³-hybridized carbons (Fsp3) is 0.538. The third kappa shape index (κ3) is 3.24. The average molecular weight is 206 g/mol. The molecular formula is C13H18O2. The van der Waals surface area contributed by atoms with Crippen LogP contribution >= 0.6 is 0 Å². The first-order valence-corrected chi connectivity index (χ1v) is 5.66. The third-order valence-electron chi connectivity index (χ3n) is 2.72. The van der Waals surface area contributed by atoms with E-state index in [9.17, 15) is 0 Å². The Bertz CT molecular complexity index is 303. The van der Waals surface area contributed by atoms with Gasteiger partial charge >= 0.3 is 0 Å². The molecule has 0 aliphatic carbocycles. The lowest BCUT2D eigenvalue weighted by atomic mass is 10.2. The van der Waals surface area contributed by atoms with Crippen molar-refractivity contribution in [3.05, 3.63) is 29.8 Å². The summed E-state index contributed by atoms with van der Waals surface area (Å²) in [5, 5.41) is 0. The van der Waals surface area contributed by atoms with Crippen LogP contribution < -0.4 is 4.74 Å². The van der Waals surface area contributed by atoms with E-state index in [-0.39, 0.29) is 0 Å². The molecule has 0 aromatic heterocycles. The van der Waals surface area contributed by atoms with Gasteiger partial charge in [-0.15, -0.1) is 0 Å². The molecule has 0 bridgehead atoms. The summed E-state index contributed by atoms with van der Waals surface area (Å²) in [6.45, 7) is 3.76. The summed E-state index contributed by atoms with van der Waals surface area (Å²) in [6.07, 6.45) is 3.83. The lowest BCUT2D eigenvalue weighted by Crippen LogP contribution is -2.10. The highest BCUT2D eigenvalue weighted by atomic mass is 16.5. The highest BCUT2D eigenvalue weighted by Crippen LogP contribution is 2.17. The van der Waals surface area contributed by atoms with E-state index in [1.807, 2.05) is 12.1 Å². The minimum atomic E-state index is 0.426. The van der Waals surface area contributed by atoms with Crippen molar-refractivity contribution in [1.82, 2.24) is 0 Å². The second kappa shape index (κ2) is 5.17. The molecule has 0 saturated carbocycles. The molecule has 1 aromatic rings. The van der Waals surface area contributed by atoms with E-state index in [0.717, 1.165) is 25.4 Å². The molecule has 1 aliphatic heterocycles. The highest BCUT2D eigenvalue weighted by molar-refractivity contribution is 5.27. The molecule has 1 atom stereocenters. The van der Waals surface area contributed by atoms with Gasteiger partial charge in [-0.3, -0.25) is 0 Å². The highest BCUT2D eigenvalue weighted by Gasteiger charge is 2.14. The van der Waals surface area contributed by atoms with Crippen molar-refractivity contribution in [3.63, 3.8) is 0 Å². The van der Waals surface area contributed by atoms with Crippen LogP contribution in [0, 0.1) is 6.92 Å². The van der Waals surface area contributed by atoms with E-state index in [1.54, 1.807) is 0 Å². The van der Waals surface area contributed by atoms with Gasteiger partial charge < -0.3 is 9.47 Å². The number of aryl methyl sites for hydroxylation is 1. The zero-order valence-corrected chi connectivity index (χ0v) is 9.24. The van der Waals surface area contributed by atoms with Crippen LogP contribution in [-0.2, 0) is 4.74 Å². The molecule has 0 N–H and O–H groups in total. The van der Waals surface area contributed by atoms with Gasteiger partial charge in [-0.25, -0.2) is 0 Å². The van der Waals surface area contributed by atoms with Gasteiger partial charge in [0.25, 0.3) is 0 Å². The van der Waals surface area contributed by atoms with Crippen molar-refractivity contribution in [2.75, 3.05) is 13.2 Å². The van der Waals surface area contributed by atoms with Crippen LogP contribution in [0.1, 0.15) is 24.8 Å². The van der Waals surface area contributed by atoms with Crippen molar-refractivity contribution in [2.45, 2.75) is 32.3 Å². The molecule has 1 aromatic carbocycles. The Balaban J connectivity index is 1.73. The van der Waals surface area contributed by atoms with Crippen molar-refractivity contribution >= 4 is 0 Å². The third-order valence-corrected chi connectivity index (χ3v) is 2.72. The van der Waals surface area contributed by atoms with Gasteiger partial charge in [-0.05, 0) is 37.5 Å². The SMILES string of the molecule is Cc1cccc(OCCC2CCCO2)c1. The molecule has 1 aliphatic rings. The van der Waals surface area contributed by atoms with E-state index in [2.05, 4.69) is 19.1 Å². The lowest BCUT2D eigenvalue weighted by molar-refractivity contribution is 0.0903. The zero-order chi connectivity index (χ0) is 10.5. The molecule has 1 heterocycles. The summed E-state index contributed by atoms with van der Waals surface area (Å²) in [5.41, 5.74) is 1.24. The first-order valence-electron chi connectivity index (χ1n) is 5.66. The summed E-state index contributed by atoms with van der Waals surface area (Å²) < 4.78 is 11.2. The van der Waals surface area contributed by atoms with Gasteiger partial charge in [0.2, 0.25) is 0 Å². The van der Waals surface area contributed by atoms with E-state index < -0.39 is 0 Å². The number of benzene rings is 1. The lowest BCUT2D eigenvalue weighted by Gasteiger charge is -2.10. The molecule has 2 rings (SSSR count). The minimum absolute atomic E-state index is 0.426. The van der Waals surface area contributed by atoms with E-state index >= 15 is 0 Å². The molecule has 1 saturated heterocycles. The van der Waals surface area contributed by atoms with Gasteiger partial charge in [0, 0.05) is 13.0 Å². The molecule has 82 valence electrons. The maximum atomic E-state index is 5.67. The Kier molecular flexibility index (Phi) is 3.62. The van der Waals surface area contributed by atoms with Crippen LogP contribution in [0.2, 0.25) is 0 Å². The van der Waals surface area contributed by atoms with Crippen molar-refractivity contribution < 1.29 is 9.47 Å². The maximum absolute atomic E-state index is 5.67. The predicted molar refractivity (Wildman–Crippen MR) is 60.3 cm³/mol.